The summed E-state index contributed by atoms with van der Waals surface area (Å²) in [6.07, 6.45) is 3.73. The van der Waals surface area contributed by atoms with Gasteiger partial charge in [-0.3, -0.25) is 4.99 Å². The number of nitrogens with one attached hydrogen (secondary N) is 1. The summed E-state index contributed by atoms with van der Waals surface area (Å²) < 4.78 is 0. The van der Waals surface area contributed by atoms with Gasteiger partial charge in [-0.15, -0.1) is 0 Å². The van der Waals surface area contributed by atoms with Gasteiger partial charge in [0.15, 0.2) is 0 Å². The van der Waals surface area contributed by atoms with Gasteiger partial charge < -0.3 is 5.32 Å². The van der Waals surface area contributed by atoms with Crippen LogP contribution in [0, 0.1) is 11.8 Å². The van der Waals surface area contributed by atoms with Gasteiger partial charge >= 0.3 is 0 Å². The first-order chi connectivity index (χ1) is 6.20. The smallest absolute Gasteiger partial charge is 0.0963 e. The molecular weight excluding hydrogens is 160 g/mol. The molecular formula is C11H22N2. The van der Waals surface area contributed by atoms with E-state index in [1.165, 1.54) is 18.7 Å². The van der Waals surface area contributed by atoms with Crippen molar-refractivity contribution in [2.75, 3.05) is 13.1 Å². The molecule has 0 aliphatic carbocycles. The Bertz CT molecular complexity index is 173. The molecule has 1 N–H and O–H groups in total. The molecule has 1 heterocycles. The van der Waals surface area contributed by atoms with Crippen LogP contribution in [0.3, 0.4) is 0 Å². The minimum absolute atomic E-state index is 0.740. The lowest BCUT2D eigenvalue weighted by Crippen LogP contribution is -2.31. The molecule has 0 aromatic rings. The van der Waals surface area contributed by atoms with E-state index in [-0.39, 0.29) is 0 Å². The van der Waals surface area contributed by atoms with Gasteiger partial charge in [0.1, 0.15) is 0 Å². The molecule has 0 aromatic heterocycles. The SMILES string of the molecule is CC(C)C(C)CNC1=NCCCC1. The van der Waals surface area contributed by atoms with Crippen LogP contribution >= 0.6 is 0 Å². The van der Waals surface area contributed by atoms with Crippen LogP contribution in [0.2, 0.25) is 0 Å². The highest BCUT2D eigenvalue weighted by Crippen LogP contribution is 2.09. The van der Waals surface area contributed by atoms with Gasteiger partial charge in [-0.2, -0.15) is 0 Å². The van der Waals surface area contributed by atoms with E-state index in [2.05, 4.69) is 31.1 Å². The summed E-state index contributed by atoms with van der Waals surface area (Å²) in [5, 5.41) is 3.45. The van der Waals surface area contributed by atoms with Crippen molar-refractivity contribution in [3.63, 3.8) is 0 Å². The molecule has 0 spiro atoms. The van der Waals surface area contributed by atoms with Gasteiger partial charge in [0.25, 0.3) is 0 Å². The molecule has 13 heavy (non-hydrogen) atoms. The second-order valence-electron chi connectivity index (χ2n) is 4.39. The molecule has 0 amide bonds. The Balaban J connectivity index is 2.21. The van der Waals surface area contributed by atoms with E-state index in [9.17, 15) is 0 Å². The fourth-order valence-corrected chi connectivity index (χ4v) is 1.36. The molecule has 0 fully saturated rings. The van der Waals surface area contributed by atoms with Crippen LogP contribution < -0.4 is 5.32 Å². The first-order valence-corrected chi connectivity index (χ1v) is 5.47. The van der Waals surface area contributed by atoms with Crippen LogP contribution in [0.25, 0.3) is 0 Å². The van der Waals surface area contributed by atoms with Crippen LogP contribution in [0.5, 0.6) is 0 Å². The Morgan fingerprint density at radius 1 is 1.31 bits per heavy atom. The zero-order chi connectivity index (χ0) is 9.68. The summed E-state index contributed by atoms with van der Waals surface area (Å²) in [5.74, 6) is 2.74. The third-order valence-electron chi connectivity index (χ3n) is 2.89. The molecule has 1 aliphatic rings. The third-order valence-corrected chi connectivity index (χ3v) is 2.89. The van der Waals surface area contributed by atoms with Gasteiger partial charge in [0.2, 0.25) is 0 Å². The molecule has 0 radical (unpaired) electrons. The highest BCUT2D eigenvalue weighted by molar-refractivity contribution is 5.82. The van der Waals surface area contributed by atoms with Crippen molar-refractivity contribution in [2.45, 2.75) is 40.0 Å². The molecule has 0 saturated carbocycles. The quantitative estimate of drug-likeness (QED) is 0.712. The van der Waals surface area contributed by atoms with Crippen LogP contribution in [0.4, 0.5) is 0 Å². The number of nitrogens with zero attached hydrogens (tertiary/aromatic N) is 1. The second kappa shape index (κ2) is 5.25. The van der Waals surface area contributed by atoms with Crippen molar-refractivity contribution in [2.24, 2.45) is 16.8 Å². The van der Waals surface area contributed by atoms with Crippen molar-refractivity contribution in [3.05, 3.63) is 0 Å². The molecule has 0 aromatic carbocycles. The summed E-state index contributed by atoms with van der Waals surface area (Å²) in [7, 11) is 0. The molecule has 1 unspecified atom stereocenters. The first kappa shape index (κ1) is 10.6. The highest BCUT2D eigenvalue weighted by atomic mass is 15.0. The standard InChI is InChI=1S/C11H22N2/c1-9(2)10(3)8-13-11-6-4-5-7-12-11/h9-10H,4-8H2,1-3H3,(H,12,13). The average Bonchev–Trinajstić information content (AvgIpc) is 2.15. The Kier molecular flexibility index (Phi) is 4.26. The van der Waals surface area contributed by atoms with Crippen molar-refractivity contribution in [1.82, 2.24) is 5.32 Å². The largest absolute Gasteiger partial charge is 0.374 e. The van der Waals surface area contributed by atoms with Gasteiger partial charge in [0.05, 0.1) is 5.84 Å². The fraction of sp³-hybridized carbons (Fsp3) is 0.909. The van der Waals surface area contributed by atoms with E-state index in [0.717, 1.165) is 31.3 Å². The lowest BCUT2D eigenvalue weighted by atomic mass is 9.98. The second-order valence-corrected chi connectivity index (χ2v) is 4.39. The molecule has 2 nitrogen and oxygen atoms in total. The summed E-state index contributed by atoms with van der Waals surface area (Å²) in [6, 6.07) is 0. The number of hydrogen-bond acceptors (Lipinski definition) is 2. The normalized spacial score (nSPS) is 19.8. The fourth-order valence-electron chi connectivity index (χ4n) is 1.36. The van der Waals surface area contributed by atoms with Gasteiger partial charge in [-0.25, -0.2) is 0 Å². The van der Waals surface area contributed by atoms with Crippen LogP contribution in [-0.2, 0) is 0 Å². The van der Waals surface area contributed by atoms with Crippen LogP contribution in [-0.4, -0.2) is 18.9 Å². The van der Waals surface area contributed by atoms with Gasteiger partial charge in [-0.05, 0) is 24.7 Å². The summed E-state index contributed by atoms with van der Waals surface area (Å²) in [6.45, 7) is 8.94. The van der Waals surface area contributed by atoms with Crippen molar-refractivity contribution in [1.29, 1.82) is 0 Å². The minimum atomic E-state index is 0.740. The van der Waals surface area contributed by atoms with E-state index in [1.807, 2.05) is 0 Å². The molecule has 0 bridgehead atoms. The van der Waals surface area contributed by atoms with E-state index < -0.39 is 0 Å². The van der Waals surface area contributed by atoms with Crippen molar-refractivity contribution < 1.29 is 0 Å². The molecule has 0 saturated heterocycles. The lowest BCUT2D eigenvalue weighted by molar-refractivity contribution is 0.413. The molecule has 1 atom stereocenters. The number of hydrogen-bond donors (Lipinski definition) is 1. The average molecular weight is 182 g/mol. The van der Waals surface area contributed by atoms with Crippen LogP contribution in [0.1, 0.15) is 40.0 Å². The summed E-state index contributed by atoms with van der Waals surface area (Å²) in [4.78, 5) is 4.47. The molecule has 1 aliphatic heterocycles. The number of rotatable bonds is 3. The van der Waals surface area contributed by atoms with E-state index >= 15 is 0 Å². The minimum Gasteiger partial charge on any atom is -0.374 e. The van der Waals surface area contributed by atoms with E-state index in [1.54, 1.807) is 0 Å². The van der Waals surface area contributed by atoms with E-state index in [0.29, 0.717) is 0 Å². The van der Waals surface area contributed by atoms with Gasteiger partial charge in [-0.1, -0.05) is 20.8 Å². The van der Waals surface area contributed by atoms with Gasteiger partial charge in [0, 0.05) is 19.5 Å². The summed E-state index contributed by atoms with van der Waals surface area (Å²) >= 11 is 0. The van der Waals surface area contributed by atoms with E-state index in [4.69, 9.17) is 0 Å². The number of aliphatic imine (C=N–C) groups is 1. The Morgan fingerprint density at radius 2 is 2.08 bits per heavy atom. The zero-order valence-corrected chi connectivity index (χ0v) is 9.14. The third kappa shape index (κ3) is 3.79. The maximum atomic E-state index is 4.47. The monoisotopic (exact) mass is 182 g/mol. The Labute approximate surface area is 81.8 Å². The molecule has 76 valence electrons. The topological polar surface area (TPSA) is 24.4 Å². The highest BCUT2D eigenvalue weighted by Gasteiger charge is 2.09. The number of amidine groups is 1. The summed E-state index contributed by atoms with van der Waals surface area (Å²) in [5.41, 5.74) is 0. The lowest BCUT2D eigenvalue weighted by Gasteiger charge is -2.19. The van der Waals surface area contributed by atoms with Crippen molar-refractivity contribution in [3.8, 4) is 0 Å². The maximum absolute atomic E-state index is 4.47. The van der Waals surface area contributed by atoms with Crippen LogP contribution in [0.15, 0.2) is 4.99 Å². The molecule has 2 heteroatoms. The Morgan fingerprint density at radius 3 is 2.62 bits per heavy atom. The molecule has 1 rings (SSSR count). The maximum Gasteiger partial charge on any atom is 0.0963 e. The Hall–Kier alpha value is -0.530. The predicted molar refractivity (Wildman–Crippen MR) is 58.2 cm³/mol. The zero-order valence-electron chi connectivity index (χ0n) is 9.14. The predicted octanol–water partition coefficient (Wildman–Crippen LogP) is 2.45. The van der Waals surface area contributed by atoms with Crippen molar-refractivity contribution >= 4 is 5.84 Å². The first-order valence-electron chi connectivity index (χ1n) is 5.47.